The third-order valence-corrected chi connectivity index (χ3v) is 2.50. The molecule has 2 N–H and O–H groups in total. The number of imidazole rings is 1. The van der Waals surface area contributed by atoms with E-state index in [1.807, 2.05) is 13.1 Å². The van der Waals surface area contributed by atoms with E-state index in [1.165, 1.54) is 18.5 Å². The van der Waals surface area contributed by atoms with Crippen molar-refractivity contribution in [2.24, 2.45) is 0 Å². The van der Waals surface area contributed by atoms with E-state index >= 15 is 0 Å². The molecule has 0 aromatic carbocycles. The summed E-state index contributed by atoms with van der Waals surface area (Å²) in [6.07, 6.45) is 4.45. The average Bonchev–Trinajstić information content (AvgIpc) is 2.54. The van der Waals surface area contributed by atoms with Gasteiger partial charge in [0.25, 0.3) is 0 Å². The predicted octanol–water partition coefficient (Wildman–Crippen LogP) is 2.03. The Morgan fingerprint density at radius 2 is 1.93 bits per heavy atom. The second-order valence-electron chi connectivity index (χ2n) is 3.45. The van der Waals surface area contributed by atoms with E-state index in [-0.39, 0.29) is 24.8 Å². The number of H-pyrrole nitrogens is 1. The van der Waals surface area contributed by atoms with Gasteiger partial charge in [-0.3, -0.25) is 0 Å². The van der Waals surface area contributed by atoms with Crippen LogP contribution in [-0.4, -0.2) is 23.1 Å². The van der Waals surface area contributed by atoms with Crippen molar-refractivity contribution in [3.8, 4) is 0 Å². The first kappa shape index (κ1) is 13.8. The van der Waals surface area contributed by atoms with Gasteiger partial charge in [0, 0.05) is 17.8 Å². The number of nitrogens with one attached hydrogen (secondary N) is 2. The third kappa shape index (κ3) is 3.15. The van der Waals surface area contributed by atoms with Gasteiger partial charge < -0.3 is 10.3 Å². The summed E-state index contributed by atoms with van der Waals surface area (Å²) >= 11 is 0. The molecule has 1 aromatic rings. The molecule has 0 atom stereocenters. The van der Waals surface area contributed by atoms with Gasteiger partial charge in [0.05, 0.1) is 0 Å². The maximum absolute atomic E-state index is 4.22. The van der Waals surface area contributed by atoms with Gasteiger partial charge >= 0.3 is 0 Å². The molecule has 3 nitrogen and oxygen atoms in total. The zero-order chi connectivity index (χ0) is 8.39. The minimum Gasteiger partial charge on any atom is -0.346 e. The molecule has 1 aliphatic rings. The Morgan fingerprint density at radius 1 is 1.29 bits per heavy atom. The SMILES string of the molecule is Cc1ncc(C2CCNCC2)[nH]1.Cl.Cl. The molecular weight excluding hydrogens is 221 g/mol. The number of aryl methyl sites for hydroxylation is 1. The van der Waals surface area contributed by atoms with E-state index in [0.29, 0.717) is 5.92 Å². The van der Waals surface area contributed by atoms with Crippen LogP contribution in [0.25, 0.3) is 0 Å². The van der Waals surface area contributed by atoms with Crippen LogP contribution in [0.3, 0.4) is 0 Å². The lowest BCUT2D eigenvalue weighted by molar-refractivity contribution is 0.454. The van der Waals surface area contributed by atoms with Crippen molar-refractivity contribution in [1.82, 2.24) is 15.3 Å². The van der Waals surface area contributed by atoms with Crippen molar-refractivity contribution in [2.75, 3.05) is 13.1 Å². The quantitative estimate of drug-likeness (QED) is 0.785. The fourth-order valence-corrected chi connectivity index (χ4v) is 1.78. The predicted molar refractivity (Wildman–Crippen MR) is 62.7 cm³/mol. The van der Waals surface area contributed by atoms with Gasteiger partial charge in [-0.25, -0.2) is 4.98 Å². The molecule has 5 heteroatoms. The lowest BCUT2D eigenvalue weighted by Crippen LogP contribution is -2.26. The smallest absolute Gasteiger partial charge is 0.103 e. The first-order valence-corrected chi connectivity index (χ1v) is 4.58. The first-order chi connectivity index (χ1) is 5.86. The molecule has 1 aromatic heterocycles. The van der Waals surface area contributed by atoms with Crippen molar-refractivity contribution in [3.63, 3.8) is 0 Å². The summed E-state index contributed by atoms with van der Waals surface area (Å²) in [6, 6.07) is 0. The number of aromatic nitrogens is 2. The van der Waals surface area contributed by atoms with Crippen LogP contribution in [0.1, 0.15) is 30.3 Å². The molecule has 82 valence electrons. The molecule has 1 fully saturated rings. The summed E-state index contributed by atoms with van der Waals surface area (Å²) in [4.78, 5) is 7.52. The van der Waals surface area contributed by atoms with Crippen LogP contribution in [0, 0.1) is 6.92 Å². The molecule has 1 saturated heterocycles. The zero-order valence-electron chi connectivity index (χ0n) is 8.25. The minimum atomic E-state index is 0. The summed E-state index contributed by atoms with van der Waals surface area (Å²) in [6.45, 7) is 4.29. The number of aromatic amines is 1. The lowest BCUT2D eigenvalue weighted by Gasteiger charge is -2.20. The molecule has 2 heterocycles. The highest BCUT2D eigenvalue weighted by Crippen LogP contribution is 2.22. The minimum absolute atomic E-state index is 0. The van der Waals surface area contributed by atoms with Gasteiger partial charge in [-0.15, -0.1) is 24.8 Å². The second-order valence-corrected chi connectivity index (χ2v) is 3.45. The molecule has 1 aliphatic heterocycles. The van der Waals surface area contributed by atoms with E-state index in [0.717, 1.165) is 18.9 Å². The second kappa shape index (κ2) is 6.27. The van der Waals surface area contributed by atoms with Gasteiger partial charge in [-0.2, -0.15) is 0 Å². The van der Waals surface area contributed by atoms with E-state index in [4.69, 9.17) is 0 Å². The van der Waals surface area contributed by atoms with Gasteiger partial charge in [0.2, 0.25) is 0 Å². The van der Waals surface area contributed by atoms with Crippen molar-refractivity contribution in [3.05, 3.63) is 17.7 Å². The van der Waals surface area contributed by atoms with Crippen LogP contribution in [0.4, 0.5) is 0 Å². The molecule has 0 spiro atoms. The molecule has 14 heavy (non-hydrogen) atoms. The number of rotatable bonds is 1. The van der Waals surface area contributed by atoms with Gasteiger partial charge in [-0.05, 0) is 32.9 Å². The summed E-state index contributed by atoms with van der Waals surface area (Å²) in [7, 11) is 0. The number of hydrogen-bond acceptors (Lipinski definition) is 2. The normalized spacial score (nSPS) is 16.9. The molecule has 2 rings (SSSR count). The van der Waals surface area contributed by atoms with E-state index in [9.17, 15) is 0 Å². The molecule has 0 amide bonds. The zero-order valence-corrected chi connectivity index (χ0v) is 9.88. The topological polar surface area (TPSA) is 40.7 Å². The van der Waals surface area contributed by atoms with E-state index < -0.39 is 0 Å². The van der Waals surface area contributed by atoms with Gasteiger partial charge in [-0.1, -0.05) is 0 Å². The lowest BCUT2D eigenvalue weighted by atomic mass is 9.95. The Labute approximate surface area is 96.9 Å². The van der Waals surface area contributed by atoms with Gasteiger partial charge in [0.1, 0.15) is 5.82 Å². The first-order valence-electron chi connectivity index (χ1n) is 4.58. The highest BCUT2D eigenvalue weighted by molar-refractivity contribution is 5.85. The van der Waals surface area contributed by atoms with Crippen LogP contribution in [0.2, 0.25) is 0 Å². The number of nitrogens with zero attached hydrogens (tertiary/aromatic N) is 1. The van der Waals surface area contributed by atoms with E-state index in [1.54, 1.807) is 0 Å². The highest BCUT2D eigenvalue weighted by atomic mass is 35.5. The largest absolute Gasteiger partial charge is 0.346 e. The Balaban J connectivity index is 0.000000845. The number of halogens is 2. The van der Waals surface area contributed by atoms with Crippen LogP contribution in [0.5, 0.6) is 0 Å². The average molecular weight is 238 g/mol. The highest BCUT2D eigenvalue weighted by Gasteiger charge is 2.16. The fraction of sp³-hybridized carbons (Fsp3) is 0.667. The van der Waals surface area contributed by atoms with Crippen LogP contribution >= 0.6 is 24.8 Å². The van der Waals surface area contributed by atoms with Gasteiger partial charge in [0.15, 0.2) is 0 Å². The Kier molecular flexibility index (Phi) is 6.16. The Hall–Kier alpha value is -0.250. The Morgan fingerprint density at radius 3 is 2.43 bits per heavy atom. The third-order valence-electron chi connectivity index (χ3n) is 2.50. The number of piperidine rings is 1. The molecule has 0 radical (unpaired) electrons. The van der Waals surface area contributed by atoms with Crippen molar-refractivity contribution in [2.45, 2.75) is 25.7 Å². The van der Waals surface area contributed by atoms with Crippen molar-refractivity contribution in [1.29, 1.82) is 0 Å². The van der Waals surface area contributed by atoms with Crippen LogP contribution in [0.15, 0.2) is 6.20 Å². The molecule has 0 bridgehead atoms. The maximum atomic E-state index is 4.22. The van der Waals surface area contributed by atoms with Crippen LogP contribution < -0.4 is 5.32 Å². The monoisotopic (exact) mass is 237 g/mol. The maximum Gasteiger partial charge on any atom is 0.103 e. The van der Waals surface area contributed by atoms with Crippen molar-refractivity contribution < 1.29 is 0 Å². The van der Waals surface area contributed by atoms with E-state index in [2.05, 4.69) is 15.3 Å². The Bertz CT molecular complexity index is 256. The standard InChI is InChI=1S/C9H15N3.2ClH/c1-7-11-6-9(12-7)8-2-4-10-5-3-8;;/h6,8,10H,2-5H2,1H3,(H,11,12);2*1H. The summed E-state index contributed by atoms with van der Waals surface area (Å²) in [5.41, 5.74) is 1.31. The molecule has 0 aliphatic carbocycles. The molecule has 0 unspecified atom stereocenters. The van der Waals surface area contributed by atoms with Crippen molar-refractivity contribution >= 4 is 24.8 Å². The summed E-state index contributed by atoms with van der Waals surface area (Å²) in [5.74, 6) is 1.73. The molecule has 0 saturated carbocycles. The number of hydrogen-bond donors (Lipinski definition) is 2. The summed E-state index contributed by atoms with van der Waals surface area (Å²) < 4.78 is 0. The fourth-order valence-electron chi connectivity index (χ4n) is 1.78. The van der Waals surface area contributed by atoms with Crippen LogP contribution in [-0.2, 0) is 0 Å². The summed E-state index contributed by atoms with van der Waals surface area (Å²) in [5, 5.41) is 3.36. The molecular formula is C9H17Cl2N3.